The van der Waals surface area contributed by atoms with Crippen LogP contribution in [0.2, 0.25) is 0 Å². The van der Waals surface area contributed by atoms with Crippen LogP contribution >= 0.6 is 0 Å². The summed E-state index contributed by atoms with van der Waals surface area (Å²) in [5.74, 6) is 0.354. The topological polar surface area (TPSA) is 64.7 Å². The largest absolute Gasteiger partial charge is 0.339 e. The van der Waals surface area contributed by atoms with E-state index in [1.54, 1.807) is 33.9 Å². The van der Waals surface area contributed by atoms with E-state index in [0.29, 0.717) is 12.5 Å². The van der Waals surface area contributed by atoms with Gasteiger partial charge in [0, 0.05) is 50.4 Å². The highest BCUT2D eigenvalue weighted by Crippen LogP contribution is 2.22. The lowest BCUT2D eigenvalue weighted by atomic mass is 10.2. The smallest absolute Gasteiger partial charge is 0.225 e. The number of aromatic nitrogens is 6. The molecule has 1 aromatic carbocycles. The highest BCUT2D eigenvalue weighted by Gasteiger charge is 2.12. The summed E-state index contributed by atoms with van der Waals surface area (Å²) in [5, 5.41) is 8.73. The fourth-order valence-electron chi connectivity index (χ4n) is 3.05. The third-order valence-corrected chi connectivity index (χ3v) is 4.42. The van der Waals surface area contributed by atoms with Crippen LogP contribution in [0.3, 0.4) is 0 Å². The van der Waals surface area contributed by atoms with E-state index in [2.05, 4.69) is 20.2 Å². The number of halogens is 1. The molecule has 0 saturated carbocycles. The van der Waals surface area contributed by atoms with E-state index in [-0.39, 0.29) is 5.82 Å². The zero-order valence-corrected chi connectivity index (χ0v) is 15.9. The maximum Gasteiger partial charge on any atom is 0.225 e. The lowest BCUT2D eigenvalue weighted by Gasteiger charge is -2.16. The third-order valence-electron chi connectivity index (χ3n) is 4.42. The monoisotopic (exact) mass is 377 g/mol. The van der Waals surface area contributed by atoms with Gasteiger partial charge in [-0.05, 0) is 37.3 Å². The summed E-state index contributed by atoms with van der Waals surface area (Å²) in [6.07, 6.45) is 7.41. The van der Waals surface area contributed by atoms with Gasteiger partial charge in [0.15, 0.2) is 0 Å². The zero-order valence-electron chi connectivity index (χ0n) is 15.9. The van der Waals surface area contributed by atoms with Crippen LogP contribution in [0.4, 0.5) is 10.3 Å². The second-order valence-corrected chi connectivity index (χ2v) is 6.67. The van der Waals surface area contributed by atoms with Crippen LogP contribution in [0.25, 0.3) is 16.9 Å². The average Bonchev–Trinajstić information content (AvgIpc) is 3.28. The van der Waals surface area contributed by atoms with Gasteiger partial charge in [-0.3, -0.25) is 4.68 Å². The van der Waals surface area contributed by atoms with Crippen LogP contribution in [-0.4, -0.2) is 36.6 Å². The number of hydrogen-bond acceptors (Lipinski definition) is 5. The third kappa shape index (κ3) is 3.62. The molecule has 0 saturated heterocycles. The van der Waals surface area contributed by atoms with Crippen LogP contribution < -0.4 is 4.90 Å². The molecular weight excluding hydrogens is 357 g/mol. The number of benzene rings is 1. The maximum atomic E-state index is 13.1. The Morgan fingerprint density at radius 2 is 1.89 bits per heavy atom. The molecule has 0 N–H and O–H groups in total. The fourth-order valence-corrected chi connectivity index (χ4v) is 3.05. The Hall–Kier alpha value is -3.55. The lowest BCUT2D eigenvalue weighted by molar-refractivity contribution is 0.627. The van der Waals surface area contributed by atoms with Crippen molar-refractivity contribution in [3.8, 4) is 16.9 Å². The van der Waals surface area contributed by atoms with E-state index in [1.807, 2.05) is 44.4 Å². The Labute approximate surface area is 162 Å². The molecule has 8 heteroatoms. The van der Waals surface area contributed by atoms with Crippen molar-refractivity contribution in [3.05, 3.63) is 72.2 Å². The summed E-state index contributed by atoms with van der Waals surface area (Å²) in [4.78, 5) is 11.0. The molecule has 0 fully saturated rings. The summed E-state index contributed by atoms with van der Waals surface area (Å²) in [5.41, 5.74) is 4.56. The molecular formula is C20H20FN7. The van der Waals surface area contributed by atoms with E-state index in [1.165, 1.54) is 12.1 Å². The highest BCUT2D eigenvalue weighted by atomic mass is 19.1. The van der Waals surface area contributed by atoms with Crippen molar-refractivity contribution in [1.29, 1.82) is 0 Å². The van der Waals surface area contributed by atoms with Crippen molar-refractivity contribution >= 4 is 5.95 Å². The summed E-state index contributed by atoms with van der Waals surface area (Å²) < 4.78 is 16.6. The van der Waals surface area contributed by atoms with Gasteiger partial charge < -0.3 is 4.90 Å². The number of aryl methyl sites for hydroxylation is 2. The Morgan fingerprint density at radius 1 is 1.11 bits per heavy atom. The van der Waals surface area contributed by atoms with Gasteiger partial charge in [0.05, 0.1) is 23.3 Å². The van der Waals surface area contributed by atoms with Gasteiger partial charge in [0.1, 0.15) is 5.82 Å². The van der Waals surface area contributed by atoms with Gasteiger partial charge in [-0.15, -0.1) is 0 Å². The molecule has 0 atom stereocenters. The normalized spacial score (nSPS) is 11.0. The summed E-state index contributed by atoms with van der Waals surface area (Å²) in [6, 6.07) is 8.11. The molecule has 28 heavy (non-hydrogen) atoms. The predicted molar refractivity (Wildman–Crippen MR) is 105 cm³/mol. The molecule has 3 heterocycles. The molecule has 3 aromatic heterocycles. The van der Waals surface area contributed by atoms with Crippen LogP contribution in [0.1, 0.15) is 11.3 Å². The van der Waals surface area contributed by atoms with Gasteiger partial charge >= 0.3 is 0 Å². The van der Waals surface area contributed by atoms with Crippen molar-refractivity contribution < 1.29 is 4.39 Å². The molecule has 0 aliphatic heterocycles. The molecule has 0 radical (unpaired) electrons. The zero-order chi connectivity index (χ0) is 19.7. The minimum atomic E-state index is -0.267. The molecule has 0 bridgehead atoms. The second-order valence-electron chi connectivity index (χ2n) is 6.67. The standard InChI is InChI=1S/C20H20FN7/c1-14-18(13-27(3)25-14)19-8-9-22-20(24-19)26(2)11-15-10-23-28(12-15)17-6-4-16(21)5-7-17/h4-10,12-13H,11H2,1-3H3. The van der Waals surface area contributed by atoms with Crippen LogP contribution in [0, 0.1) is 12.7 Å². The van der Waals surface area contributed by atoms with Crippen molar-refractivity contribution in [2.75, 3.05) is 11.9 Å². The Morgan fingerprint density at radius 3 is 2.61 bits per heavy atom. The first-order valence-electron chi connectivity index (χ1n) is 8.84. The van der Waals surface area contributed by atoms with E-state index >= 15 is 0 Å². The summed E-state index contributed by atoms with van der Waals surface area (Å²) >= 11 is 0. The first kappa shape index (κ1) is 17.8. The van der Waals surface area contributed by atoms with E-state index in [4.69, 9.17) is 0 Å². The number of anilines is 1. The average molecular weight is 377 g/mol. The van der Waals surface area contributed by atoms with Crippen molar-refractivity contribution in [3.63, 3.8) is 0 Å². The van der Waals surface area contributed by atoms with Crippen molar-refractivity contribution in [2.24, 2.45) is 7.05 Å². The predicted octanol–water partition coefficient (Wildman–Crippen LogP) is 3.15. The van der Waals surface area contributed by atoms with E-state index in [0.717, 1.165) is 28.2 Å². The highest BCUT2D eigenvalue weighted by molar-refractivity contribution is 5.61. The molecule has 0 unspecified atom stereocenters. The summed E-state index contributed by atoms with van der Waals surface area (Å²) in [7, 11) is 3.83. The first-order chi connectivity index (χ1) is 13.5. The molecule has 4 rings (SSSR count). The Kier molecular flexibility index (Phi) is 4.60. The SMILES string of the molecule is Cc1nn(C)cc1-c1ccnc(N(C)Cc2cnn(-c3ccc(F)cc3)c2)n1. The van der Waals surface area contributed by atoms with Gasteiger partial charge in [0.25, 0.3) is 0 Å². The molecule has 0 amide bonds. The Bertz CT molecular complexity index is 1100. The molecule has 0 aliphatic carbocycles. The molecule has 0 spiro atoms. The van der Waals surface area contributed by atoms with E-state index in [9.17, 15) is 4.39 Å². The molecule has 4 aromatic rings. The van der Waals surface area contributed by atoms with Crippen LogP contribution in [0.15, 0.2) is 55.1 Å². The van der Waals surface area contributed by atoms with E-state index < -0.39 is 0 Å². The van der Waals surface area contributed by atoms with Gasteiger partial charge in [-0.2, -0.15) is 10.2 Å². The minimum absolute atomic E-state index is 0.267. The Balaban J connectivity index is 1.53. The lowest BCUT2D eigenvalue weighted by Crippen LogP contribution is -2.19. The first-order valence-corrected chi connectivity index (χ1v) is 8.84. The van der Waals surface area contributed by atoms with Gasteiger partial charge in [0.2, 0.25) is 5.95 Å². The minimum Gasteiger partial charge on any atom is -0.339 e. The van der Waals surface area contributed by atoms with Crippen molar-refractivity contribution in [2.45, 2.75) is 13.5 Å². The summed E-state index contributed by atoms with van der Waals surface area (Å²) in [6.45, 7) is 2.56. The number of rotatable bonds is 5. The van der Waals surface area contributed by atoms with Crippen molar-refractivity contribution in [1.82, 2.24) is 29.5 Å². The second kappa shape index (κ2) is 7.22. The quantitative estimate of drug-likeness (QED) is 0.535. The molecule has 7 nitrogen and oxygen atoms in total. The maximum absolute atomic E-state index is 13.1. The molecule has 0 aliphatic rings. The number of nitrogens with zero attached hydrogens (tertiary/aromatic N) is 7. The fraction of sp³-hybridized carbons (Fsp3) is 0.200. The van der Waals surface area contributed by atoms with Gasteiger partial charge in [-0.1, -0.05) is 0 Å². The molecule has 142 valence electrons. The van der Waals surface area contributed by atoms with Gasteiger partial charge in [-0.25, -0.2) is 19.0 Å². The van der Waals surface area contributed by atoms with Crippen LogP contribution in [-0.2, 0) is 13.6 Å². The number of hydrogen-bond donors (Lipinski definition) is 0. The van der Waals surface area contributed by atoms with Crippen LogP contribution in [0.5, 0.6) is 0 Å².